The maximum atomic E-state index is 14.0. The van der Waals surface area contributed by atoms with Crippen molar-refractivity contribution in [2.45, 2.75) is 23.8 Å². The van der Waals surface area contributed by atoms with Gasteiger partial charge < -0.3 is 4.90 Å². The SMILES string of the molecule is O=C1CS[C@@]2(C(=O)N(Cc3cccc(C(F)(F)F)c3)c3ccccc32)N1c1cccc(C(F)(F)F)c1. The van der Waals surface area contributed by atoms with Crippen molar-refractivity contribution in [3.8, 4) is 0 Å². The van der Waals surface area contributed by atoms with Crippen molar-refractivity contribution in [1.29, 1.82) is 0 Å². The third-order valence-corrected chi connectivity index (χ3v) is 7.48. The highest BCUT2D eigenvalue weighted by Gasteiger charge is 2.61. The van der Waals surface area contributed by atoms with Crippen molar-refractivity contribution < 1.29 is 35.9 Å². The molecular formula is C25H16F6N2O2S. The number of halogens is 6. The fourth-order valence-corrected chi connectivity index (χ4v) is 5.92. The summed E-state index contributed by atoms with van der Waals surface area (Å²) < 4.78 is 79.9. The number of nitrogens with zero attached hydrogens (tertiary/aromatic N) is 2. The van der Waals surface area contributed by atoms with Crippen LogP contribution in [-0.4, -0.2) is 17.6 Å². The van der Waals surface area contributed by atoms with E-state index in [1.54, 1.807) is 24.3 Å². The van der Waals surface area contributed by atoms with Crippen molar-refractivity contribution in [3.63, 3.8) is 0 Å². The molecule has 5 rings (SSSR count). The van der Waals surface area contributed by atoms with Gasteiger partial charge in [-0.1, -0.05) is 36.4 Å². The Morgan fingerprint density at radius 1 is 0.806 bits per heavy atom. The molecular weight excluding hydrogens is 506 g/mol. The Labute approximate surface area is 205 Å². The Morgan fingerprint density at radius 2 is 1.44 bits per heavy atom. The number of carbonyl (C=O) groups is 2. The predicted octanol–water partition coefficient (Wildman–Crippen LogP) is 6.20. The van der Waals surface area contributed by atoms with Gasteiger partial charge in [0, 0.05) is 11.3 Å². The van der Waals surface area contributed by atoms with Crippen LogP contribution in [0.2, 0.25) is 0 Å². The van der Waals surface area contributed by atoms with Crippen LogP contribution in [0, 0.1) is 0 Å². The van der Waals surface area contributed by atoms with Crippen LogP contribution in [0.3, 0.4) is 0 Å². The number of thioether (sulfide) groups is 1. The van der Waals surface area contributed by atoms with Gasteiger partial charge >= 0.3 is 12.4 Å². The molecule has 3 aromatic carbocycles. The highest BCUT2D eigenvalue weighted by atomic mass is 32.2. The second-order valence-corrected chi connectivity index (χ2v) is 9.48. The fourth-order valence-electron chi connectivity index (χ4n) is 4.56. The molecule has 0 unspecified atom stereocenters. The molecule has 186 valence electrons. The third kappa shape index (κ3) is 3.82. The van der Waals surface area contributed by atoms with E-state index >= 15 is 0 Å². The summed E-state index contributed by atoms with van der Waals surface area (Å²) in [5, 5.41) is 0. The molecule has 11 heteroatoms. The Bertz CT molecular complexity index is 1370. The van der Waals surface area contributed by atoms with Crippen LogP contribution in [0.4, 0.5) is 37.7 Å². The van der Waals surface area contributed by atoms with Gasteiger partial charge in [-0.2, -0.15) is 26.3 Å². The Kier molecular flexibility index (Phi) is 5.58. The lowest BCUT2D eigenvalue weighted by atomic mass is 10.0. The Morgan fingerprint density at radius 3 is 2.14 bits per heavy atom. The van der Waals surface area contributed by atoms with E-state index < -0.39 is 40.2 Å². The molecule has 2 amide bonds. The predicted molar refractivity (Wildman–Crippen MR) is 122 cm³/mol. The zero-order valence-corrected chi connectivity index (χ0v) is 19.0. The van der Waals surface area contributed by atoms with E-state index in [9.17, 15) is 35.9 Å². The first kappa shape index (κ1) is 24.2. The molecule has 0 N–H and O–H groups in total. The van der Waals surface area contributed by atoms with Gasteiger partial charge in [-0.3, -0.25) is 14.5 Å². The van der Waals surface area contributed by atoms with Crippen LogP contribution in [0.5, 0.6) is 0 Å². The Balaban J connectivity index is 1.60. The summed E-state index contributed by atoms with van der Waals surface area (Å²) in [7, 11) is 0. The number of benzene rings is 3. The van der Waals surface area contributed by atoms with E-state index in [1.807, 2.05) is 0 Å². The lowest BCUT2D eigenvalue weighted by Gasteiger charge is -2.33. The smallest absolute Gasteiger partial charge is 0.304 e. The standard InChI is InChI=1S/C25H16F6N2O2S/c26-24(27,28)16-6-3-5-15(11-16)13-32-20-10-2-1-9-19(20)23(22(32)35)33(21(34)14-36-23)18-8-4-7-17(12-18)25(29,30)31/h1-12H,13-14H2/t23-/m0/s1. The van der Waals surface area contributed by atoms with Gasteiger partial charge in [0.05, 0.1) is 29.1 Å². The number of carbonyl (C=O) groups excluding carboxylic acids is 2. The van der Waals surface area contributed by atoms with Crippen molar-refractivity contribution >= 4 is 35.0 Å². The van der Waals surface area contributed by atoms with Gasteiger partial charge in [0.15, 0.2) is 0 Å². The largest absolute Gasteiger partial charge is 0.416 e. The van der Waals surface area contributed by atoms with E-state index in [1.165, 1.54) is 23.1 Å². The van der Waals surface area contributed by atoms with Gasteiger partial charge in [0.1, 0.15) is 0 Å². The third-order valence-electron chi connectivity index (χ3n) is 6.09. The molecule has 0 aromatic heterocycles. The monoisotopic (exact) mass is 522 g/mol. The molecule has 36 heavy (non-hydrogen) atoms. The summed E-state index contributed by atoms with van der Waals surface area (Å²) in [6.45, 7) is -0.216. The molecule has 1 atom stereocenters. The van der Waals surface area contributed by atoms with Gasteiger partial charge in [0.2, 0.25) is 10.8 Å². The molecule has 2 heterocycles. The second kappa shape index (κ2) is 8.29. The molecule has 0 radical (unpaired) electrons. The van der Waals surface area contributed by atoms with Crippen molar-refractivity contribution in [2.75, 3.05) is 15.6 Å². The summed E-state index contributed by atoms with van der Waals surface area (Å²) in [6.07, 6.45) is -9.23. The van der Waals surface area contributed by atoms with Crippen molar-refractivity contribution in [3.05, 3.63) is 95.1 Å². The minimum atomic E-state index is -4.66. The number of anilines is 2. The van der Waals surface area contributed by atoms with Crippen LogP contribution < -0.4 is 9.80 Å². The molecule has 4 nitrogen and oxygen atoms in total. The summed E-state index contributed by atoms with van der Waals surface area (Å²) in [5.74, 6) is -1.33. The molecule has 1 spiro atoms. The van der Waals surface area contributed by atoms with Crippen LogP contribution in [0.1, 0.15) is 22.3 Å². The van der Waals surface area contributed by atoms with Gasteiger partial charge in [-0.15, -0.1) is 11.8 Å². The first-order valence-corrected chi connectivity index (χ1v) is 11.6. The molecule has 0 saturated carbocycles. The molecule has 0 aliphatic carbocycles. The molecule has 2 aliphatic heterocycles. The molecule has 2 aliphatic rings. The number of hydrogen-bond donors (Lipinski definition) is 0. The second-order valence-electron chi connectivity index (χ2n) is 8.32. The van der Waals surface area contributed by atoms with Crippen LogP contribution in [0.15, 0.2) is 72.8 Å². The van der Waals surface area contributed by atoms with E-state index in [0.29, 0.717) is 11.3 Å². The number of hydrogen-bond acceptors (Lipinski definition) is 3. The van der Waals surface area contributed by atoms with Gasteiger partial charge in [-0.25, -0.2) is 0 Å². The van der Waals surface area contributed by atoms with Gasteiger partial charge in [-0.05, 0) is 42.0 Å². The number of fused-ring (bicyclic) bond motifs is 2. The van der Waals surface area contributed by atoms with E-state index in [-0.39, 0.29) is 23.5 Å². The first-order chi connectivity index (χ1) is 16.9. The molecule has 0 bridgehead atoms. The highest BCUT2D eigenvalue weighted by molar-refractivity contribution is 8.02. The molecule has 3 aromatic rings. The maximum absolute atomic E-state index is 14.0. The zero-order valence-electron chi connectivity index (χ0n) is 18.2. The quantitative estimate of drug-likeness (QED) is 0.385. The average Bonchev–Trinajstić information content (AvgIpc) is 3.29. The van der Waals surface area contributed by atoms with Crippen molar-refractivity contribution in [1.82, 2.24) is 0 Å². The summed E-state index contributed by atoms with van der Waals surface area (Å²) in [5.41, 5.74) is -0.965. The summed E-state index contributed by atoms with van der Waals surface area (Å²) in [6, 6.07) is 15.2. The number of para-hydroxylation sites is 1. The zero-order chi connectivity index (χ0) is 25.9. The fraction of sp³-hybridized carbons (Fsp3) is 0.200. The topological polar surface area (TPSA) is 40.6 Å². The minimum absolute atomic E-state index is 0.0936. The number of alkyl halides is 6. The maximum Gasteiger partial charge on any atom is 0.416 e. The van der Waals surface area contributed by atoms with Crippen LogP contribution >= 0.6 is 11.8 Å². The summed E-state index contributed by atoms with van der Waals surface area (Å²) in [4.78, 5) is 27.6. The van der Waals surface area contributed by atoms with Crippen molar-refractivity contribution in [2.24, 2.45) is 0 Å². The van der Waals surface area contributed by atoms with E-state index in [0.717, 1.165) is 47.0 Å². The van der Waals surface area contributed by atoms with Gasteiger partial charge in [0.25, 0.3) is 5.91 Å². The van der Waals surface area contributed by atoms with Crippen LogP contribution in [-0.2, 0) is 33.4 Å². The molecule has 1 saturated heterocycles. The van der Waals surface area contributed by atoms with Crippen LogP contribution in [0.25, 0.3) is 0 Å². The minimum Gasteiger partial charge on any atom is -0.304 e. The lowest BCUT2D eigenvalue weighted by molar-refractivity contribution is -0.138. The highest BCUT2D eigenvalue weighted by Crippen LogP contribution is 2.56. The number of rotatable bonds is 3. The molecule has 1 fully saturated rings. The average molecular weight is 522 g/mol. The summed E-state index contributed by atoms with van der Waals surface area (Å²) >= 11 is 0.973. The lowest BCUT2D eigenvalue weighted by Crippen LogP contribution is -2.49. The van der Waals surface area contributed by atoms with E-state index in [4.69, 9.17) is 0 Å². The number of amides is 2. The Hall–Kier alpha value is -3.47. The van der Waals surface area contributed by atoms with E-state index in [2.05, 4.69) is 0 Å². The first-order valence-electron chi connectivity index (χ1n) is 10.6. The normalized spacial score (nSPS) is 19.9.